The molecule has 1 aromatic carbocycles. The Morgan fingerprint density at radius 2 is 2.14 bits per heavy atom. The van der Waals surface area contributed by atoms with E-state index in [-0.39, 0.29) is 17.0 Å². The number of nitrogens with zero attached hydrogens (tertiary/aromatic N) is 4. The van der Waals surface area contributed by atoms with Gasteiger partial charge in [0.05, 0.1) is 17.9 Å². The van der Waals surface area contributed by atoms with Crippen molar-refractivity contribution in [3.8, 4) is 0 Å². The highest BCUT2D eigenvalue weighted by Gasteiger charge is 2.37. The molecule has 5 nitrogen and oxygen atoms in total. The second kappa shape index (κ2) is 4.76. The molecule has 1 unspecified atom stereocenters. The predicted molar refractivity (Wildman–Crippen MR) is 80.0 cm³/mol. The zero-order chi connectivity index (χ0) is 15.3. The fraction of sp³-hybridized carbons (Fsp3) is 0.312. The third-order valence-corrected chi connectivity index (χ3v) is 4.25. The topological polar surface area (TPSA) is 52.7 Å². The van der Waals surface area contributed by atoms with Gasteiger partial charge >= 0.3 is 0 Å². The van der Waals surface area contributed by atoms with E-state index in [0.717, 1.165) is 18.7 Å². The molecular weight excluding hydrogens is 283 g/mol. The molecule has 0 amide bonds. The first kappa shape index (κ1) is 13.2. The van der Waals surface area contributed by atoms with Crippen molar-refractivity contribution < 1.29 is 4.39 Å². The molecule has 0 radical (unpaired) electrons. The molecular formula is C16H15FN4O. The summed E-state index contributed by atoms with van der Waals surface area (Å²) in [6.45, 7) is 0. The predicted octanol–water partition coefficient (Wildman–Crippen LogP) is 2.27. The Bertz CT molecular complexity index is 910. The summed E-state index contributed by atoms with van der Waals surface area (Å²) in [7, 11) is 1.90. The maximum absolute atomic E-state index is 14.1. The molecule has 1 fully saturated rings. The van der Waals surface area contributed by atoms with Crippen molar-refractivity contribution in [2.75, 3.05) is 0 Å². The van der Waals surface area contributed by atoms with E-state index in [1.165, 1.54) is 17.0 Å². The molecule has 1 saturated carbocycles. The zero-order valence-corrected chi connectivity index (χ0v) is 12.1. The monoisotopic (exact) mass is 298 g/mol. The van der Waals surface area contributed by atoms with Crippen LogP contribution in [0, 0.1) is 11.7 Å². The van der Waals surface area contributed by atoms with Crippen LogP contribution < -0.4 is 5.56 Å². The Labute approximate surface area is 126 Å². The van der Waals surface area contributed by atoms with Crippen LogP contribution in [0.15, 0.2) is 41.7 Å². The first-order chi connectivity index (χ1) is 10.7. The molecule has 4 rings (SSSR count). The lowest BCUT2D eigenvalue weighted by molar-refractivity contribution is 0.462. The largest absolute Gasteiger partial charge is 0.336 e. The maximum atomic E-state index is 14.1. The van der Waals surface area contributed by atoms with E-state index in [1.54, 1.807) is 18.3 Å². The lowest BCUT2D eigenvalue weighted by atomic mass is 10.1. The molecule has 2 aromatic heterocycles. The Balaban J connectivity index is 1.96. The molecule has 6 heteroatoms. The molecule has 0 aliphatic heterocycles. The van der Waals surface area contributed by atoms with Crippen LogP contribution in [0.2, 0.25) is 0 Å². The van der Waals surface area contributed by atoms with Crippen LogP contribution in [0.25, 0.3) is 10.9 Å². The molecule has 0 N–H and O–H groups in total. The van der Waals surface area contributed by atoms with Crippen molar-refractivity contribution in [3.05, 3.63) is 58.9 Å². The number of aromatic nitrogens is 4. The van der Waals surface area contributed by atoms with E-state index in [9.17, 15) is 9.18 Å². The van der Waals surface area contributed by atoms with Gasteiger partial charge in [0.2, 0.25) is 0 Å². The Kier molecular flexibility index (Phi) is 2.85. The molecule has 112 valence electrons. The number of imidazole rings is 1. The normalized spacial score (nSPS) is 16.1. The summed E-state index contributed by atoms with van der Waals surface area (Å²) < 4.78 is 17.5. The summed E-state index contributed by atoms with van der Waals surface area (Å²) in [5, 5.41) is 0.0462. The minimum absolute atomic E-state index is 0.0462. The maximum Gasteiger partial charge on any atom is 0.264 e. The van der Waals surface area contributed by atoms with Gasteiger partial charge in [0, 0.05) is 19.4 Å². The van der Waals surface area contributed by atoms with Gasteiger partial charge in [-0.1, -0.05) is 6.07 Å². The van der Waals surface area contributed by atoms with Crippen molar-refractivity contribution in [3.63, 3.8) is 0 Å². The van der Waals surface area contributed by atoms with E-state index in [4.69, 9.17) is 0 Å². The lowest BCUT2D eigenvalue weighted by Crippen LogP contribution is -2.29. The van der Waals surface area contributed by atoms with Gasteiger partial charge in [-0.25, -0.2) is 14.4 Å². The number of benzene rings is 1. The first-order valence-corrected chi connectivity index (χ1v) is 7.29. The van der Waals surface area contributed by atoms with E-state index in [2.05, 4.69) is 9.97 Å². The second-order valence-corrected chi connectivity index (χ2v) is 5.77. The van der Waals surface area contributed by atoms with E-state index < -0.39 is 5.82 Å². The van der Waals surface area contributed by atoms with Crippen LogP contribution in [-0.4, -0.2) is 19.1 Å². The third kappa shape index (κ3) is 1.94. The average Bonchev–Trinajstić information content (AvgIpc) is 3.25. The molecule has 2 heterocycles. The van der Waals surface area contributed by atoms with Crippen LogP contribution in [-0.2, 0) is 7.05 Å². The zero-order valence-electron chi connectivity index (χ0n) is 12.1. The number of hydrogen-bond acceptors (Lipinski definition) is 3. The smallest absolute Gasteiger partial charge is 0.264 e. The van der Waals surface area contributed by atoms with Gasteiger partial charge in [0.25, 0.3) is 5.56 Å². The van der Waals surface area contributed by atoms with Crippen LogP contribution >= 0.6 is 0 Å². The summed E-state index contributed by atoms with van der Waals surface area (Å²) in [6, 6.07) is 4.31. The van der Waals surface area contributed by atoms with Crippen LogP contribution in [0.1, 0.15) is 24.7 Å². The molecule has 3 aromatic rings. The SMILES string of the molecule is Cn1ccnc1C(C1CC1)n1cnc2cccc(F)c2c1=O. The van der Waals surface area contributed by atoms with Gasteiger partial charge in [-0.05, 0) is 30.9 Å². The highest BCUT2D eigenvalue weighted by atomic mass is 19.1. The number of rotatable bonds is 3. The summed E-state index contributed by atoms with van der Waals surface area (Å²) in [4.78, 5) is 21.4. The number of fused-ring (bicyclic) bond motifs is 1. The van der Waals surface area contributed by atoms with Crippen LogP contribution in [0.4, 0.5) is 4.39 Å². The average molecular weight is 298 g/mol. The van der Waals surface area contributed by atoms with Crippen molar-refractivity contribution in [2.45, 2.75) is 18.9 Å². The summed E-state index contributed by atoms with van der Waals surface area (Å²) >= 11 is 0. The molecule has 22 heavy (non-hydrogen) atoms. The minimum Gasteiger partial charge on any atom is -0.336 e. The molecule has 1 aliphatic rings. The highest BCUT2D eigenvalue weighted by molar-refractivity contribution is 5.77. The van der Waals surface area contributed by atoms with E-state index in [1.807, 2.05) is 17.8 Å². The molecule has 1 aliphatic carbocycles. The van der Waals surface area contributed by atoms with E-state index >= 15 is 0 Å². The van der Waals surface area contributed by atoms with Gasteiger partial charge in [-0.3, -0.25) is 9.36 Å². The lowest BCUT2D eigenvalue weighted by Gasteiger charge is -2.19. The molecule has 0 bridgehead atoms. The number of aryl methyl sites for hydroxylation is 1. The molecule has 0 spiro atoms. The fourth-order valence-electron chi connectivity index (χ4n) is 2.97. The second-order valence-electron chi connectivity index (χ2n) is 5.77. The molecule has 1 atom stereocenters. The van der Waals surface area contributed by atoms with Crippen molar-refractivity contribution in [2.24, 2.45) is 13.0 Å². The van der Waals surface area contributed by atoms with Gasteiger partial charge in [-0.15, -0.1) is 0 Å². The fourth-order valence-corrected chi connectivity index (χ4v) is 2.97. The summed E-state index contributed by atoms with van der Waals surface area (Å²) in [5.41, 5.74) is 0.0404. The van der Waals surface area contributed by atoms with Gasteiger partial charge in [0.15, 0.2) is 0 Å². The Morgan fingerprint density at radius 3 is 2.82 bits per heavy atom. The van der Waals surface area contributed by atoms with Gasteiger partial charge in [0.1, 0.15) is 17.0 Å². The van der Waals surface area contributed by atoms with Crippen molar-refractivity contribution in [1.29, 1.82) is 0 Å². The first-order valence-electron chi connectivity index (χ1n) is 7.29. The van der Waals surface area contributed by atoms with Crippen molar-refractivity contribution >= 4 is 10.9 Å². The number of halogens is 1. The van der Waals surface area contributed by atoms with E-state index in [0.29, 0.717) is 11.4 Å². The van der Waals surface area contributed by atoms with Gasteiger partial charge in [-0.2, -0.15) is 0 Å². The standard InChI is InChI=1S/C16H15FN4O/c1-20-8-7-18-15(20)14(10-5-6-10)21-9-19-12-4-2-3-11(17)13(12)16(21)22/h2-4,7-10,14H,5-6H2,1H3. The van der Waals surface area contributed by atoms with Crippen LogP contribution in [0.5, 0.6) is 0 Å². The Morgan fingerprint density at radius 1 is 1.32 bits per heavy atom. The summed E-state index contributed by atoms with van der Waals surface area (Å²) in [5.74, 6) is 0.630. The van der Waals surface area contributed by atoms with Crippen LogP contribution in [0.3, 0.4) is 0 Å². The number of hydrogen-bond donors (Lipinski definition) is 0. The minimum atomic E-state index is -0.529. The quantitative estimate of drug-likeness (QED) is 0.745. The van der Waals surface area contributed by atoms with Gasteiger partial charge < -0.3 is 4.57 Å². The van der Waals surface area contributed by atoms with Crippen molar-refractivity contribution in [1.82, 2.24) is 19.1 Å². The summed E-state index contributed by atoms with van der Waals surface area (Å²) in [6.07, 6.45) is 7.16. The Hall–Kier alpha value is -2.50. The third-order valence-electron chi connectivity index (χ3n) is 4.25. The molecule has 0 saturated heterocycles. The highest BCUT2D eigenvalue weighted by Crippen LogP contribution is 2.42.